The van der Waals surface area contributed by atoms with Crippen LogP contribution in [0, 0.1) is 51.6 Å². The highest BCUT2D eigenvalue weighted by Crippen LogP contribution is 2.62. The normalized spacial score (nSPS) is 42.3. The highest BCUT2D eigenvalue weighted by atomic mass is 32.2. The lowest BCUT2D eigenvalue weighted by molar-refractivity contribution is -0.143. The van der Waals surface area contributed by atoms with Gasteiger partial charge in [0.05, 0.1) is 16.4 Å². The van der Waals surface area contributed by atoms with Crippen molar-refractivity contribution in [2.75, 3.05) is 0 Å². The maximum absolute atomic E-state index is 13.9. The van der Waals surface area contributed by atoms with Crippen LogP contribution in [0.4, 0.5) is 4.39 Å². The van der Waals surface area contributed by atoms with Crippen molar-refractivity contribution in [1.82, 2.24) is 0 Å². The van der Waals surface area contributed by atoms with Gasteiger partial charge in [0, 0.05) is 11.3 Å². The molecule has 1 N–H and O–H groups in total. The van der Waals surface area contributed by atoms with E-state index >= 15 is 0 Å². The van der Waals surface area contributed by atoms with E-state index in [1.54, 1.807) is 12.1 Å². The van der Waals surface area contributed by atoms with Gasteiger partial charge in [-0.3, -0.25) is 10.2 Å². The third kappa shape index (κ3) is 2.68. The van der Waals surface area contributed by atoms with Gasteiger partial charge in [-0.2, -0.15) is 5.26 Å². The number of rotatable bonds is 3. The average molecular weight is 383 g/mol. The minimum absolute atomic E-state index is 0.239. The van der Waals surface area contributed by atoms with Crippen molar-refractivity contribution in [3.8, 4) is 6.07 Å². The van der Waals surface area contributed by atoms with Gasteiger partial charge in [-0.05, 0) is 74.0 Å². The monoisotopic (exact) mass is 382 g/mol. The second-order valence-corrected chi connectivity index (χ2v) is 10.3. The summed E-state index contributed by atoms with van der Waals surface area (Å²) in [7, 11) is 0. The van der Waals surface area contributed by atoms with E-state index in [1.807, 2.05) is 0 Å². The number of nitrogens with one attached hydrogen (secondary N) is 1. The SMILES string of the molecule is N#CC1C(=N)S[C@H](C(=O)C23CC4CC(CC(C4)C2)C3)[C@H]1c1cccc(F)c1. The fourth-order valence-corrected chi connectivity index (χ4v) is 8.21. The van der Waals surface area contributed by atoms with Gasteiger partial charge < -0.3 is 0 Å². The molecule has 140 valence electrons. The number of nitrogens with zero attached hydrogens (tertiary/aromatic N) is 1. The topological polar surface area (TPSA) is 64.7 Å². The van der Waals surface area contributed by atoms with Gasteiger partial charge in [-0.1, -0.05) is 23.9 Å². The van der Waals surface area contributed by atoms with Crippen LogP contribution in [0.15, 0.2) is 24.3 Å². The van der Waals surface area contributed by atoms with Crippen molar-refractivity contribution >= 4 is 22.6 Å². The number of nitriles is 1. The van der Waals surface area contributed by atoms with Crippen LogP contribution in [0.3, 0.4) is 0 Å². The Hall–Kier alpha value is -1.67. The summed E-state index contributed by atoms with van der Waals surface area (Å²) in [5, 5.41) is 17.8. The van der Waals surface area contributed by atoms with Gasteiger partial charge in [-0.15, -0.1) is 0 Å². The smallest absolute Gasteiger partial charge is 0.153 e. The van der Waals surface area contributed by atoms with E-state index in [0.717, 1.165) is 19.3 Å². The standard InChI is InChI=1S/C22H23FN2OS/c23-16-3-1-2-15(7-16)18-17(11-24)21(25)27-19(18)20(26)22-8-12-4-13(9-22)6-14(5-12)10-22/h1-3,7,12-14,17-19,25H,4-6,8-10H2/t12?,13?,14?,17?,18-,19-,22?/m0/s1. The van der Waals surface area contributed by atoms with Gasteiger partial charge in [-0.25, -0.2) is 4.39 Å². The van der Waals surface area contributed by atoms with Gasteiger partial charge in [0.2, 0.25) is 0 Å². The van der Waals surface area contributed by atoms with E-state index in [2.05, 4.69) is 6.07 Å². The number of ketones is 1. The Labute approximate surface area is 163 Å². The quantitative estimate of drug-likeness (QED) is 0.806. The Bertz CT molecular complexity index is 825. The second kappa shape index (κ2) is 6.17. The summed E-state index contributed by atoms with van der Waals surface area (Å²) in [5.74, 6) is 0.835. The van der Waals surface area contributed by atoms with E-state index in [0.29, 0.717) is 23.3 Å². The van der Waals surface area contributed by atoms with Gasteiger partial charge in [0.1, 0.15) is 11.7 Å². The summed E-state index contributed by atoms with van der Waals surface area (Å²) in [6.45, 7) is 0. The number of Topliss-reactive ketones (excluding diaryl/α,β-unsaturated/α-hetero) is 1. The number of carbonyl (C=O) groups excluding carboxylic acids is 1. The molecule has 1 heterocycles. The molecular weight excluding hydrogens is 359 g/mol. The molecule has 0 spiro atoms. The molecule has 5 fully saturated rings. The van der Waals surface area contributed by atoms with Crippen molar-refractivity contribution < 1.29 is 9.18 Å². The van der Waals surface area contributed by atoms with Crippen molar-refractivity contribution in [3.63, 3.8) is 0 Å². The molecule has 3 nitrogen and oxygen atoms in total. The summed E-state index contributed by atoms with van der Waals surface area (Å²) in [6.07, 6.45) is 6.76. The van der Waals surface area contributed by atoms with Crippen molar-refractivity contribution in [2.45, 2.75) is 49.7 Å². The molecule has 4 bridgehead atoms. The predicted octanol–water partition coefficient (Wildman–Crippen LogP) is 4.93. The Kier molecular flexibility index (Phi) is 3.98. The first-order valence-corrected chi connectivity index (χ1v) is 10.8. The molecule has 27 heavy (non-hydrogen) atoms. The van der Waals surface area contributed by atoms with Crippen molar-refractivity contribution in [2.24, 2.45) is 29.1 Å². The number of hydrogen-bond acceptors (Lipinski definition) is 4. The minimum Gasteiger partial charge on any atom is -0.298 e. The summed E-state index contributed by atoms with van der Waals surface area (Å²) >= 11 is 1.25. The molecule has 3 atom stereocenters. The predicted molar refractivity (Wildman–Crippen MR) is 103 cm³/mol. The first kappa shape index (κ1) is 17.4. The molecule has 5 heteroatoms. The average Bonchev–Trinajstić information content (AvgIpc) is 2.96. The largest absolute Gasteiger partial charge is 0.298 e. The molecule has 4 aliphatic carbocycles. The highest BCUT2D eigenvalue weighted by Gasteiger charge is 2.58. The number of hydrogen-bond donors (Lipinski definition) is 1. The third-order valence-corrected chi connectivity index (χ3v) is 8.68. The zero-order valence-electron chi connectivity index (χ0n) is 15.2. The molecule has 6 rings (SSSR count). The second-order valence-electron chi connectivity index (χ2n) is 9.15. The van der Waals surface area contributed by atoms with Crippen LogP contribution in [0.2, 0.25) is 0 Å². The molecule has 0 aromatic heterocycles. The van der Waals surface area contributed by atoms with Crippen LogP contribution < -0.4 is 0 Å². The minimum atomic E-state index is -0.653. The first-order valence-electron chi connectivity index (χ1n) is 9.93. The maximum atomic E-state index is 13.9. The van der Waals surface area contributed by atoms with E-state index in [4.69, 9.17) is 5.41 Å². The van der Waals surface area contributed by atoms with Crippen LogP contribution in [0.5, 0.6) is 0 Å². The Morgan fingerprint density at radius 1 is 1.19 bits per heavy atom. The van der Waals surface area contributed by atoms with Crippen molar-refractivity contribution in [1.29, 1.82) is 10.7 Å². The van der Waals surface area contributed by atoms with Gasteiger partial charge in [0.25, 0.3) is 0 Å². The molecule has 1 unspecified atom stereocenters. The molecular formula is C22H23FN2OS. The zero-order chi connectivity index (χ0) is 18.8. The molecule has 0 radical (unpaired) electrons. The zero-order valence-corrected chi connectivity index (χ0v) is 16.0. The molecule has 0 amide bonds. The Morgan fingerprint density at radius 3 is 2.37 bits per heavy atom. The fraction of sp³-hybridized carbons (Fsp3) is 0.591. The van der Waals surface area contributed by atoms with Crippen molar-refractivity contribution in [3.05, 3.63) is 35.6 Å². The molecule has 1 aromatic rings. The lowest BCUT2D eigenvalue weighted by Gasteiger charge is -2.56. The van der Waals surface area contributed by atoms with Crippen LogP contribution in [-0.4, -0.2) is 16.1 Å². The third-order valence-electron chi connectivity index (χ3n) is 7.41. The summed E-state index contributed by atoms with van der Waals surface area (Å²) in [5.41, 5.74) is 0.419. The number of thioether (sulfide) groups is 1. The Morgan fingerprint density at radius 2 is 1.81 bits per heavy atom. The lowest BCUT2D eigenvalue weighted by atomic mass is 9.48. The van der Waals surface area contributed by atoms with Crippen LogP contribution in [0.1, 0.15) is 50.0 Å². The summed E-state index contributed by atoms with van der Waals surface area (Å²) in [4.78, 5) is 13.9. The van der Waals surface area contributed by atoms with Gasteiger partial charge in [0.15, 0.2) is 5.78 Å². The van der Waals surface area contributed by atoms with E-state index < -0.39 is 17.1 Å². The first-order chi connectivity index (χ1) is 13.0. The molecule has 1 aliphatic heterocycles. The van der Waals surface area contributed by atoms with E-state index in [-0.39, 0.29) is 22.1 Å². The Balaban J connectivity index is 1.52. The van der Waals surface area contributed by atoms with Gasteiger partial charge >= 0.3 is 0 Å². The lowest BCUT2D eigenvalue weighted by Crippen LogP contribution is -2.52. The van der Waals surface area contributed by atoms with E-state index in [1.165, 1.54) is 43.2 Å². The molecule has 5 aliphatic rings. The van der Waals surface area contributed by atoms with Crippen LogP contribution >= 0.6 is 11.8 Å². The summed E-state index contributed by atoms with van der Waals surface area (Å²) in [6, 6.07) is 8.48. The molecule has 1 aromatic carbocycles. The van der Waals surface area contributed by atoms with E-state index in [9.17, 15) is 14.4 Å². The highest BCUT2D eigenvalue weighted by molar-refractivity contribution is 8.15. The summed E-state index contributed by atoms with van der Waals surface area (Å²) < 4.78 is 13.9. The number of halogens is 1. The van der Waals surface area contributed by atoms with Crippen LogP contribution in [-0.2, 0) is 4.79 Å². The maximum Gasteiger partial charge on any atom is 0.153 e. The number of carbonyl (C=O) groups is 1. The number of benzene rings is 1. The molecule has 4 saturated carbocycles. The van der Waals surface area contributed by atoms with Crippen LogP contribution in [0.25, 0.3) is 0 Å². The fourth-order valence-electron chi connectivity index (χ4n) is 6.77. The molecule has 1 saturated heterocycles.